The fourth-order valence-corrected chi connectivity index (χ4v) is 4.05. The molecule has 0 aliphatic heterocycles. The highest BCUT2D eigenvalue weighted by Crippen LogP contribution is 2.44. The third-order valence-electron chi connectivity index (χ3n) is 1.57. The zero-order chi connectivity index (χ0) is 9.90. The van der Waals surface area contributed by atoms with Crippen molar-refractivity contribution in [1.29, 1.82) is 0 Å². The molecule has 0 unspecified atom stereocenters. The largest absolute Gasteiger partial charge is 0.136 e. The second-order valence-electron chi connectivity index (χ2n) is 2.70. The lowest BCUT2D eigenvalue weighted by Gasteiger charge is -2.16. The monoisotopic (exact) mass is 432 g/mol. The van der Waals surface area contributed by atoms with Crippen LogP contribution in [0.3, 0.4) is 0 Å². The molecule has 0 fully saturated rings. The average Bonchev–Trinajstić information content (AvgIpc) is 2.03. The molecule has 4 heteroatoms. The van der Waals surface area contributed by atoms with E-state index < -0.39 is 0 Å². The molecule has 0 nitrogen and oxygen atoms in total. The van der Waals surface area contributed by atoms with E-state index in [0.717, 1.165) is 6.42 Å². The molecule has 0 N–H and O–H groups in total. The molecule has 1 atom stereocenters. The number of halogens is 4. The molecule has 0 aromatic heterocycles. The summed E-state index contributed by atoms with van der Waals surface area (Å²) in [6.07, 6.45) is 0.914. The van der Waals surface area contributed by atoms with E-state index >= 15 is 0 Å². The molecular formula is C9H8Br4. The van der Waals surface area contributed by atoms with Crippen molar-refractivity contribution >= 4 is 63.7 Å². The first kappa shape index (κ1) is 12.2. The van der Waals surface area contributed by atoms with Crippen molar-refractivity contribution in [2.24, 2.45) is 0 Å². The molecule has 1 aromatic rings. The average molecular weight is 436 g/mol. The molecule has 0 amide bonds. The van der Waals surface area contributed by atoms with Crippen molar-refractivity contribution in [3.05, 3.63) is 35.9 Å². The van der Waals surface area contributed by atoms with Crippen LogP contribution in [0, 0.1) is 0 Å². The van der Waals surface area contributed by atoms with Gasteiger partial charge in [0, 0.05) is 4.83 Å². The predicted octanol–water partition coefficient (Wildman–Crippen LogP) is 5.35. The highest BCUT2D eigenvalue weighted by molar-refractivity contribution is 9.39. The summed E-state index contributed by atoms with van der Waals surface area (Å²) in [4.78, 5) is 0.340. The molecule has 13 heavy (non-hydrogen) atoms. The third-order valence-corrected chi connectivity index (χ3v) is 3.40. The number of rotatable bonds is 2. The van der Waals surface area contributed by atoms with Crippen LogP contribution in [-0.4, -0.2) is 2.14 Å². The van der Waals surface area contributed by atoms with E-state index in [1.54, 1.807) is 0 Å². The first-order valence-corrected chi connectivity index (χ1v) is 7.04. The summed E-state index contributed by atoms with van der Waals surface area (Å²) in [6.45, 7) is 0. The maximum absolute atomic E-state index is 3.63. The Hall–Kier alpha value is 1.14. The van der Waals surface area contributed by atoms with Gasteiger partial charge in [0.05, 0.1) is 0 Å². The topological polar surface area (TPSA) is 0 Å². The van der Waals surface area contributed by atoms with Gasteiger partial charge >= 0.3 is 0 Å². The minimum Gasteiger partial charge on any atom is -0.0838 e. The van der Waals surface area contributed by atoms with Crippen LogP contribution < -0.4 is 0 Å². The summed E-state index contributed by atoms with van der Waals surface area (Å²) in [5, 5.41) is 0. The maximum atomic E-state index is 3.63. The minimum absolute atomic E-state index is 0.184. The van der Waals surface area contributed by atoms with Crippen LogP contribution >= 0.6 is 63.7 Å². The number of alkyl halides is 4. The van der Waals surface area contributed by atoms with Crippen molar-refractivity contribution in [3.8, 4) is 0 Å². The molecule has 0 heterocycles. The molecule has 0 aliphatic carbocycles. The van der Waals surface area contributed by atoms with Gasteiger partial charge in [0.2, 0.25) is 0 Å². The summed E-state index contributed by atoms with van der Waals surface area (Å²) in [5.74, 6) is 0. The fraction of sp³-hybridized carbons (Fsp3) is 0.333. The lowest BCUT2D eigenvalue weighted by molar-refractivity contribution is 0.888. The van der Waals surface area contributed by atoms with E-state index in [0.29, 0.717) is 4.83 Å². The molecule has 0 radical (unpaired) electrons. The molecule has 0 saturated heterocycles. The lowest BCUT2D eigenvalue weighted by Crippen LogP contribution is -2.03. The van der Waals surface area contributed by atoms with Crippen LogP contribution in [0.4, 0.5) is 0 Å². The summed E-state index contributed by atoms with van der Waals surface area (Å²) >= 11 is 14.1. The van der Waals surface area contributed by atoms with Gasteiger partial charge < -0.3 is 0 Å². The Morgan fingerprint density at radius 2 is 1.62 bits per heavy atom. The van der Waals surface area contributed by atoms with Gasteiger partial charge in [-0.1, -0.05) is 94.1 Å². The quantitative estimate of drug-likeness (QED) is 0.549. The summed E-state index contributed by atoms with van der Waals surface area (Å²) < 4.78 is -0.184. The Kier molecular flexibility index (Phi) is 4.97. The Morgan fingerprint density at radius 1 is 1.08 bits per heavy atom. The summed E-state index contributed by atoms with van der Waals surface area (Å²) in [6, 6.07) is 10.3. The molecule has 72 valence electrons. The van der Waals surface area contributed by atoms with Crippen molar-refractivity contribution in [1.82, 2.24) is 0 Å². The number of hydrogen-bond donors (Lipinski definition) is 0. The second kappa shape index (κ2) is 5.29. The van der Waals surface area contributed by atoms with Gasteiger partial charge in [-0.3, -0.25) is 0 Å². The Morgan fingerprint density at radius 3 is 2.08 bits per heavy atom. The summed E-state index contributed by atoms with van der Waals surface area (Å²) in [7, 11) is 0. The van der Waals surface area contributed by atoms with Gasteiger partial charge in [0.25, 0.3) is 0 Å². The lowest BCUT2D eigenvalue weighted by atomic mass is 10.1. The van der Waals surface area contributed by atoms with E-state index in [2.05, 4.69) is 75.9 Å². The molecule has 0 spiro atoms. The number of benzene rings is 1. The maximum Gasteiger partial charge on any atom is 0.136 e. The Labute approximate surface area is 112 Å². The van der Waals surface area contributed by atoms with Crippen LogP contribution in [0.15, 0.2) is 30.3 Å². The van der Waals surface area contributed by atoms with Gasteiger partial charge in [-0.25, -0.2) is 0 Å². The molecule has 0 saturated carbocycles. The first-order chi connectivity index (χ1) is 5.99. The standard InChI is InChI=1S/C9H8Br4/c10-8(6-9(11,12)13)7-4-2-1-3-5-7/h1-5,8H,6H2/t8-/m0/s1. The van der Waals surface area contributed by atoms with Crippen LogP contribution in [0.1, 0.15) is 16.8 Å². The smallest absolute Gasteiger partial charge is 0.0838 e. The number of hydrogen-bond acceptors (Lipinski definition) is 0. The van der Waals surface area contributed by atoms with Gasteiger partial charge in [0.1, 0.15) is 2.14 Å². The van der Waals surface area contributed by atoms with Gasteiger partial charge in [-0.2, -0.15) is 0 Å². The van der Waals surface area contributed by atoms with Crippen LogP contribution in [0.2, 0.25) is 0 Å². The molecule has 0 bridgehead atoms. The molecule has 1 aromatic carbocycles. The van der Waals surface area contributed by atoms with Crippen LogP contribution in [0.5, 0.6) is 0 Å². The van der Waals surface area contributed by atoms with Crippen LogP contribution in [-0.2, 0) is 0 Å². The first-order valence-electron chi connectivity index (χ1n) is 3.75. The normalized spacial score (nSPS) is 14.2. The van der Waals surface area contributed by atoms with E-state index in [-0.39, 0.29) is 2.14 Å². The highest BCUT2D eigenvalue weighted by atomic mass is 80.0. The van der Waals surface area contributed by atoms with E-state index in [9.17, 15) is 0 Å². The van der Waals surface area contributed by atoms with Crippen molar-refractivity contribution in [3.63, 3.8) is 0 Å². The van der Waals surface area contributed by atoms with Gasteiger partial charge in [0.15, 0.2) is 0 Å². The second-order valence-corrected chi connectivity index (χ2v) is 11.1. The van der Waals surface area contributed by atoms with Crippen molar-refractivity contribution in [2.75, 3.05) is 0 Å². The van der Waals surface area contributed by atoms with E-state index in [1.165, 1.54) is 5.56 Å². The van der Waals surface area contributed by atoms with Crippen molar-refractivity contribution in [2.45, 2.75) is 13.4 Å². The molecular weight excluding hydrogens is 428 g/mol. The SMILES string of the molecule is Br[C@@H](CC(Br)(Br)Br)c1ccccc1. The molecule has 0 aliphatic rings. The van der Waals surface area contributed by atoms with E-state index in [1.807, 2.05) is 18.2 Å². The van der Waals surface area contributed by atoms with Gasteiger partial charge in [-0.15, -0.1) is 0 Å². The van der Waals surface area contributed by atoms with Crippen LogP contribution in [0.25, 0.3) is 0 Å². The third kappa shape index (κ3) is 4.96. The van der Waals surface area contributed by atoms with E-state index in [4.69, 9.17) is 0 Å². The fourth-order valence-electron chi connectivity index (χ4n) is 0.983. The molecule has 1 rings (SSSR count). The highest BCUT2D eigenvalue weighted by Gasteiger charge is 2.22. The van der Waals surface area contributed by atoms with Gasteiger partial charge in [-0.05, 0) is 12.0 Å². The van der Waals surface area contributed by atoms with Crippen molar-refractivity contribution < 1.29 is 0 Å². The predicted molar refractivity (Wildman–Crippen MR) is 72.2 cm³/mol. The summed E-state index contributed by atoms with van der Waals surface area (Å²) in [5.41, 5.74) is 1.28. The minimum atomic E-state index is -0.184. The Bertz CT molecular complexity index is 252. The zero-order valence-corrected chi connectivity index (χ0v) is 13.0. The zero-order valence-electron chi connectivity index (χ0n) is 6.68. The Balaban J connectivity index is 2.64.